The van der Waals surface area contributed by atoms with E-state index in [-0.39, 0.29) is 24.8 Å². The minimum atomic E-state index is -3.49. The van der Waals surface area contributed by atoms with E-state index in [1.165, 1.54) is 4.31 Å². The van der Waals surface area contributed by atoms with Crippen LogP contribution in [0.4, 0.5) is 5.69 Å². The Morgan fingerprint density at radius 2 is 2.10 bits per heavy atom. The van der Waals surface area contributed by atoms with Gasteiger partial charge in [0.2, 0.25) is 15.9 Å². The number of rotatable bonds is 5. The van der Waals surface area contributed by atoms with Crippen LogP contribution < -0.4 is 15.8 Å². The van der Waals surface area contributed by atoms with Gasteiger partial charge in [0.15, 0.2) is 0 Å². The van der Waals surface area contributed by atoms with Crippen LogP contribution in [0.1, 0.15) is 0 Å². The molecule has 2 rings (SSSR count). The van der Waals surface area contributed by atoms with Crippen LogP contribution in [0.25, 0.3) is 0 Å². The van der Waals surface area contributed by atoms with Gasteiger partial charge in [0, 0.05) is 13.1 Å². The lowest BCUT2D eigenvalue weighted by Crippen LogP contribution is -2.50. The predicted octanol–water partition coefficient (Wildman–Crippen LogP) is -0.591. The number of nitrogens with one attached hydrogen (secondary N) is 1. The SMILES string of the molecule is Nc1ccccc1OCCS(=O)(=O)N1CCNC(=O)C1. The fraction of sp³-hybridized carbons (Fsp3) is 0.417. The number of ether oxygens (including phenoxy) is 1. The van der Waals surface area contributed by atoms with E-state index in [9.17, 15) is 13.2 Å². The highest BCUT2D eigenvalue weighted by atomic mass is 32.2. The summed E-state index contributed by atoms with van der Waals surface area (Å²) in [4.78, 5) is 11.2. The molecule has 1 fully saturated rings. The van der Waals surface area contributed by atoms with E-state index in [1.54, 1.807) is 24.3 Å². The Labute approximate surface area is 117 Å². The third-order valence-electron chi connectivity index (χ3n) is 2.91. The van der Waals surface area contributed by atoms with Gasteiger partial charge in [0.1, 0.15) is 12.4 Å². The van der Waals surface area contributed by atoms with E-state index in [2.05, 4.69) is 5.32 Å². The first-order valence-electron chi connectivity index (χ1n) is 6.21. The number of sulfonamides is 1. The number of para-hydroxylation sites is 2. The van der Waals surface area contributed by atoms with Crippen molar-refractivity contribution < 1.29 is 17.9 Å². The van der Waals surface area contributed by atoms with Crippen LogP contribution in [0.5, 0.6) is 5.75 Å². The van der Waals surface area contributed by atoms with Gasteiger partial charge < -0.3 is 15.8 Å². The average Bonchev–Trinajstić information content (AvgIpc) is 2.41. The maximum Gasteiger partial charge on any atom is 0.235 e. The topological polar surface area (TPSA) is 102 Å². The molecule has 7 nitrogen and oxygen atoms in total. The summed E-state index contributed by atoms with van der Waals surface area (Å²) in [5.41, 5.74) is 6.15. The number of nitrogen functional groups attached to an aromatic ring is 1. The van der Waals surface area contributed by atoms with Crippen molar-refractivity contribution in [2.45, 2.75) is 0 Å². The smallest absolute Gasteiger partial charge is 0.235 e. The summed E-state index contributed by atoms with van der Waals surface area (Å²) in [6.45, 7) is 0.497. The molecule has 1 aromatic rings. The molecule has 0 aromatic heterocycles. The standard InChI is InChI=1S/C12H17N3O4S/c13-10-3-1-2-4-11(10)19-7-8-20(17,18)15-6-5-14-12(16)9-15/h1-4H,5-9,13H2,(H,14,16). The predicted molar refractivity (Wildman–Crippen MR) is 74.7 cm³/mol. The second-order valence-electron chi connectivity index (χ2n) is 4.39. The van der Waals surface area contributed by atoms with Gasteiger partial charge in [-0.25, -0.2) is 8.42 Å². The first-order chi connectivity index (χ1) is 9.49. The van der Waals surface area contributed by atoms with Crippen molar-refractivity contribution in [2.75, 3.05) is 37.7 Å². The number of nitrogens with zero attached hydrogens (tertiary/aromatic N) is 1. The quantitative estimate of drug-likeness (QED) is 0.708. The summed E-state index contributed by atoms with van der Waals surface area (Å²) >= 11 is 0. The Hall–Kier alpha value is -1.80. The Morgan fingerprint density at radius 3 is 2.80 bits per heavy atom. The number of piperazine rings is 1. The van der Waals surface area contributed by atoms with Gasteiger partial charge in [-0.05, 0) is 12.1 Å². The van der Waals surface area contributed by atoms with Crippen molar-refractivity contribution >= 4 is 21.6 Å². The Morgan fingerprint density at radius 1 is 1.35 bits per heavy atom. The van der Waals surface area contributed by atoms with Gasteiger partial charge in [-0.3, -0.25) is 4.79 Å². The second-order valence-corrected chi connectivity index (χ2v) is 6.47. The van der Waals surface area contributed by atoms with Crippen LogP contribution >= 0.6 is 0 Å². The molecule has 1 aromatic carbocycles. The van der Waals surface area contributed by atoms with E-state index in [4.69, 9.17) is 10.5 Å². The maximum absolute atomic E-state index is 12.0. The van der Waals surface area contributed by atoms with Crippen molar-refractivity contribution in [1.82, 2.24) is 9.62 Å². The lowest BCUT2D eigenvalue weighted by molar-refractivity contribution is -0.122. The lowest BCUT2D eigenvalue weighted by Gasteiger charge is -2.25. The fourth-order valence-corrected chi connectivity index (χ4v) is 3.09. The van der Waals surface area contributed by atoms with Gasteiger partial charge in [0.05, 0.1) is 18.0 Å². The number of nitrogens with two attached hydrogens (primary N) is 1. The van der Waals surface area contributed by atoms with Gasteiger partial charge in [0.25, 0.3) is 0 Å². The largest absolute Gasteiger partial charge is 0.490 e. The maximum atomic E-state index is 12.0. The highest BCUT2D eigenvalue weighted by Gasteiger charge is 2.27. The van der Waals surface area contributed by atoms with Crippen LogP contribution in [0.2, 0.25) is 0 Å². The highest BCUT2D eigenvalue weighted by molar-refractivity contribution is 7.89. The minimum absolute atomic E-state index is 0.00529. The van der Waals surface area contributed by atoms with Gasteiger partial charge in [-0.1, -0.05) is 12.1 Å². The molecule has 0 atom stereocenters. The number of amides is 1. The Balaban J connectivity index is 1.89. The van der Waals surface area contributed by atoms with Crippen molar-refractivity contribution in [2.24, 2.45) is 0 Å². The molecule has 0 aliphatic carbocycles. The zero-order valence-electron chi connectivity index (χ0n) is 10.9. The van der Waals surface area contributed by atoms with Crippen molar-refractivity contribution in [3.63, 3.8) is 0 Å². The summed E-state index contributed by atoms with van der Waals surface area (Å²) in [5, 5.41) is 2.58. The first kappa shape index (κ1) is 14.6. The van der Waals surface area contributed by atoms with Gasteiger partial charge in [-0.2, -0.15) is 4.31 Å². The average molecular weight is 299 g/mol. The van der Waals surface area contributed by atoms with E-state index in [0.29, 0.717) is 24.5 Å². The molecule has 0 unspecified atom stereocenters. The molecule has 0 radical (unpaired) electrons. The summed E-state index contributed by atoms with van der Waals surface area (Å²) in [7, 11) is -3.49. The van der Waals surface area contributed by atoms with Crippen LogP contribution in [-0.4, -0.2) is 50.6 Å². The number of hydrogen-bond acceptors (Lipinski definition) is 5. The monoisotopic (exact) mass is 299 g/mol. The van der Waals surface area contributed by atoms with Crippen LogP contribution in [0, 0.1) is 0 Å². The molecule has 110 valence electrons. The molecule has 3 N–H and O–H groups in total. The van der Waals surface area contributed by atoms with Gasteiger partial charge in [-0.15, -0.1) is 0 Å². The number of benzene rings is 1. The Kier molecular flexibility index (Phi) is 4.46. The summed E-state index contributed by atoms with van der Waals surface area (Å²) in [6, 6.07) is 6.88. The zero-order valence-corrected chi connectivity index (χ0v) is 11.7. The lowest BCUT2D eigenvalue weighted by atomic mass is 10.3. The fourth-order valence-electron chi connectivity index (χ4n) is 1.85. The van der Waals surface area contributed by atoms with Crippen LogP contribution in [-0.2, 0) is 14.8 Å². The summed E-state index contributed by atoms with van der Waals surface area (Å²) in [6.07, 6.45) is 0. The molecular formula is C12H17N3O4S. The third-order valence-corrected chi connectivity index (χ3v) is 4.70. The number of carbonyl (C=O) groups excluding carboxylic acids is 1. The molecule has 1 saturated heterocycles. The number of hydrogen-bond donors (Lipinski definition) is 2. The molecule has 8 heteroatoms. The number of anilines is 1. The molecule has 0 bridgehead atoms. The number of carbonyl (C=O) groups is 1. The van der Waals surface area contributed by atoms with Crippen LogP contribution in [0.3, 0.4) is 0 Å². The third kappa shape index (κ3) is 3.61. The van der Waals surface area contributed by atoms with Crippen molar-refractivity contribution in [3.05, 3.63) is 24.3 Å². The second kappa shape index (κ2) is 6.10. The Bertz CT molecular complexity index is 588. The minimum Gasteiger partial charge on any atom is -0.490 e. The normalized spacial score (nSPS) is 16.7. The molecule has 1 amide bonds. The van der Waals surface area contributed by atoms with E-state index < -0.39 is 10.0 Å². The first-order valence-corrected chi connectivity index (χ1v) is 7.82. The molecule has 20 heavy (non-hydrogen) atoms. The molecule has 0 saturated carbocycles. The molecule has 1 aliphatic rings. The van der Waals surface area contributed by atoms with Gasteiger partial charge >= 0.3 is 0 Å². The molecule has 0 spiro atoms. The zero-order chi connectivity index (χ0) is 14.6. The van der Waals surface area contributed by atoms with Crippen molar-refractivity contribution in [3.8, 4) is 5.75 Å². The summed E-state index contributed by atoms with van der Waals surface area (Å²) in [5.74, 6) is -0.0126. The molecule has 1 heterocycles. The highest BCUT2D eigenvalue weighted by Crippen LogP contribution is 2.19. The molecular weight excluding hydrogens is 282 g/mol. The van der Waals surface area contributed by atoms with E-state index >= 15 is 0 Å². The van der Waals surface area contributed by atoms with E-state index in [0.717, 1.165) is 0 Å². The summed E-state index contributed by atoms with van der Waals surface area (Å²) < 4.78 is 30.6. The molecule has 1 aliphatic heterocycles. The van der Waals surface area contributed by atoms with Crippen molar-refractivity contribution in [1.29, 1.82) is 0 Å². The van der Waals surface area contributed by atoms with Crippen LogP contribution in [0.15, 0.2) is 24.3 Å². The van der Waals surface area contributed by atoms with E-state index in [1.807, 2.05) is 0 Å².